The molecule has 1 aliphatic heterocycles. The molecular weight excluding hydrogens is 506 g/mol. The summed E-state index contributed by atoms with van der Waals surface area (Å²) in [5, 5.41) is 29.7. The maximum atomic E-state index is 11.7. The summed E-state index contributed by atoms with van der Waals surface area (Å²) in [4.78, 5) is 24.9. The molecule has 0 amide bonds. The summed E-state index contributed by atoms with van der Waals surface area (Å²) in [6.45, 7) is 1.41. The van der Waals surface area contributed by atoms with Gasteiger partial charge < -0.3 is 15.3 Å². The smallest absolute Gasteiger partial charge is 0.339 e. The second-order valence-corrected chi connectivity index (χ2v) is 10.1. The molecule has 9 nitrogen and oxygen atoms in total. The molecule has 34 heavy (non-hydrogen) atoms. The number of hydrogen-bond acceptors (Lipinski definition) is 7. The predicted molar refractivity (Wildman–Crippen MR) is 125 cm³/mol. The Bertz CT molecular complexity index is 1320. The Kier molecular flexibility index (Phi) is 7.95. The highest BCUT2D eigenvalue weighted by molar-refractivity contribution is 7.85. The van der Waals surface area contributed by atoms with Gasteiger partial charge in [-0.1, -0.05) is 29.8 Å². The van der Waals surface area contributed by atoms with Crippen molar-refractivity contribution >= 4 is 45.0 Å². The Morgan fingerprint density at radius 2 is 1.79 bits per heavy atom. The van der Waals surface area contributed by atoms with Crippen molar-refractivity contribution in [3.63, 3.8) is 0 Å². The SMILES string of the molecule is O=C(O)[C@H](c1ccccc1Cl)N1CCc2sccc2C1.O=C(O)c1cc(S(=O)(=O)O)ccc1O. The third kappa shape index (κ3) is 5.93. The zero-order valence-electron chi connectivity index (χ0n) is 17.5. The van der Waals surface area contributed by atoms with Gasteiger partial charge in [0, 0.05) is 23.0 Å². The van der Waals surface area contributed by atoms with Crippen LogP contribution in [0, 0.1) is 0 Å². The van der Waals surface area contributed by atoms with Gasteiger partial charge in [-0.2, -0.15) is 8.42 Å². The topological polar surface area (TPSA) is 152 Å². The van der Waals surface area contributed by atoms with E-state index in [4.69, 9.17) is 26.4 Å². The number of carbonyl (C=O) groups is 2. The van der Waals surface area contributed by atoms with E-state index >= 15 is 0 Å². The van der Waals surface area contributed by atoms with Gasteiger partial charge in [0.2, 0.25) is 0 Å². The number of rotatable bonds is 5. The van der Waals surface area contributed by atoms with Crippen molar-refractivity contribution in [2.45, 2.75) is 23.9 Å². The van der Waals surface area contributed by atoms with Gasteiger partial charge in [0.25, 0.3) is 10.1 Å². The Hall–Kier alpha value is -2.96. The van der Waals surface area contributed by atoms with Crippen molar-refractivity contribution in [1.29, 1.82) is 0 Å². The van der Waals surface area contributed by atoms with Crippen molar-refractivity contribution < 1.29 is 37.9 Å². The predicted octanol–water partition coefficient (Wildman–Crippen LogP) is 3.92. The van der Waals surface area contributed by atoms with E-state index in [-0.39, 0.29) is 0 Å². The van der Waals surface area contributed by atoms with E-state index in [9.17, 15) is 23.1 Å². The highest BCUT2D eigenvalue weighted by Crippen LogP contribution is 2.33. The number of aromatic carboxylic acids is 1. The van der Waals surface area contributed by atoms with Crippen LogP contribution in [0.4, 0.5) is 0 Å². The fraction of sp³-hybridized carbons (Fsp3) is 0.182. The van der Waals surface area contributed by atoms with Crippen LogP contribution in [-0.2, 0) is 27.9 Å². The van der Waals surface area contributed by atoms with Gasteiger partial charge in [0.1, 0.15) is 17.4 Å². The molecule has 0 radical (unpaired) electrons. The lowest BCUT2D eigenvalue weighted by Gasteiger charge is -2.32. The third-order valence-corrected chi connectivity index (χ3v) is 7.35. The lowest BCUT2D eigenvalue weighted by Crippen LogP contribution is -2.37. The monoisotopic (exact) mass is 525 g/mol. The first-order valence-electron chi connectivity index (χ1n) is 9.79. The van der Waals surface area contributed by atoms with E-state index in [0.29, 0.717) is 23.2 Å². The number of thiophene rings is 1. The van der Waals surface area contributed by atoms with Crippen LogP contribution < -0.4 is 0 Å². The molecule has 4 N–H and O–H groups in total. The standard InChI is InChI=1S/C15H14ClNO2S.C7H6O6S/c16-12-4-2-1-3-11(12)14(15(18)19)17-7-5-13-10(9-17)6-8-20-13;8-6-2-1-4(14(11,12)13)3-5(6)7(9)10/h1-4,6,8,14H,5,7,9H2,(H,18,19);1-3,8H,(H,9,10)(H,11,12,13)/t14-;/m0./s1. The number of hydrogen-bond donors (Lipinski definition) is 4. The summed E-state index contributed by atoms with van der Waals surface area (Å²) < 4.78 is 29.8. The van der Waals surface area contributed by atoms with Crippen LogP contribution in [-0.4, -0.2) is 51.7 Å². The molecule has 1 aromatic heterocycles. The molecule has 0 bridgehead atoms. The maximum Gasteiger partial charge on any atom is 0.339 e. The average Bonchev–Trinajstić information content (AvgIpc) is 3.23. The van der Waals surface area contributed by atoms with Gasteiger partial charge in [-0.3, -0.25) is 14.2 Å². The fourth-order valence-electron chi connectivity index (χ4n) is 3.52. The molecule has 0 aliphatic carbocycles. The van der Waals surface area contributed by atoms with Crippen molar-refractivity contribution in [2.24, 2.45) is 0 Å². The van der Waals surface area contributed by atoms with E-state index in [1.807, 2.05) is 17.0 Å². The Morgan fingerprint density at radius 3 is 2.41 bits per heavy atom. The van der Waals surface area contributed by atoms with Gasteiger partial charge in [0.05, 0.1) is 4.90 Å². The maximum absolute atomic E-state index is 11.7. The Labute approximate surface area is 204 Å². The molecule has 0 unspecified atom stereocenters. The fourth-order valence-corrected chi connectivity index (χ4v) is 5.16. The highest BCUT2D eigenvalue weighted by atomic mass is 35.5. The van der Waals surface area contributed by atoms with Gasteiger partial charge in [0.15, 0.2) is 0 Å². The van der Waals surface area contributed by atoms with Crippen LogP contribution in [0.15, 0.2) is 58.8 Å². The summed E-state index contributed by atoms with van der Waals surface area (Å²) in [6, 6.07) is 11.0. The number of carboxylic acid groups (broad SMARTS) is 2. The van der Waals surface area contributed by atoms with E-state index in [1.54, 1.807) is 23.5 Å². The number of halogens is 1. The summed E-state index contributed by atoms with van der Waals surface area (Å²) in [7, 11) is -4.45. The summed E-state index contributed by atoms with van der Waals surface area (Å²) in [5.74, 6) is -2.89. The first-order valence-corrected chi connectivity index (χ1v) is 12.5. The van der Waals surface area contributed by atoms with Gasteiger partial charge >= 0.3 is 11.9 Å². The molecular formula is C22H20ClNO8S2. The quantitative estimate of drug-likeness (QED) is 0.363. The van der Waals surface area contributed by atoms with Crippen LogP contribution in [0.1, 0.15) is 32.4 Å². The van der Waals surface area contributed by atoms with Gasteiger partial charge in [-0.05, 0) is 53.3 Å². The minimum absolute atomic E-state index is 0.510. The minimum atomic E-state index is -4.45. The normalized spacial score (nSPS) is 14.4. The molecule has 0 fully saturated rings. The molecule has 2 heterocycles. The number of phenols is 1. The van der Waals surface area contributed by atoms with Crippen LogP contribution in [0.3, 0.4) is 0 Å². The molecule has 180 valence electrons. The number of aliphatic carboxylic acids is 1. The number of carboxylic acids is 2. The van der Waals surface area contributed by atoms with Gasteiger partial charge in [-0.15, -0.1) is 11.3 Å². The summed E-state index contributed by atoms with van der Waals surface area (Å²) in [5.41, 5.74) is 1.32. The van der Waals surface area contributed by atoms with Crippen molar-refractivity contribution in [3.05, 3.63) is 80.5 Å². The van der Waals surface area contributed by atoms with Gasteiger partial charge in [-0.25, -0.2) is 4.79 Å². The summed E-state index contributed by atoms with van der Waals surface area (Å²) in [6.07, 6.45) is 0.904. The van der Waals surface area contributed by atoms with E-state index < -0.39 is 44.3 Å². The molecule has 0 saturated heterocycles. The molecule has 0 spiro atoms. The minimum Gasteiger partial charge on any atom is -0.507 e. The van der Waals surface area contributed by atoms with Crippen LogP contribution in [0.25, 0.3) is 0 Å². The third-order valence-electron chi connectivity index (χ3n) is 5.13. The second-order valence-electron chi connectivity index (χ2n) is 7.31. The second kappa shape index (κ2) is 10.5. The highest BCUT2D eigenvalue weighted by Gasteiger charge is 2.31. The lowest BCUT2D eigenvalue weighted by atomic mass is 10.0. The Balaban J connectivity index is 0.000000204. The van der Waals surface area contributed by atoms with E-state index in [0.717, 1.165) is 25.1 Å². The molecule has 1 aliphatic rings. The zero-order chi connectivity index (χ0) is 25.0. The number of nitrogens with zero attached hydrogens (tertiary/aromatic N) is 1. The van der Waals surface area contributed by atoms with Crippen molar-refractivity contribution in [2.75, 3.05) is 6.54 Å². The number of aromatic hydroxyl groups is 1. The molecule has 12 heteroatoms. The van der Waals surface area contributed by atoms with Crippen molar-refractivity contribution in [3.8, 4) is 5.75 Å². The van der Waals surface area contributed by atoms with E-state index in [2.05, 4.69) is 11.4 Å². The molecule has 1 atom stereocenters. The lowest BCUT2D eigenvalue weighted by molar-refractivity contribution is -0.144. The van der Waals surface area contributed by atoms with Crippen LogP contribution >= 0.6 is 22.9 Å². The average molecular weight is 526 g/mol. The van der Waals surface area contributed by atoms with Crippen LogP contribution in [0.5, 0.6) is 5.75 Å². The number of fused-ring (bicyclic) bond motifs is 1. The Morgan fingerprint density at radius 1 is 1.09 bits per heavy atom. The molecule has 2 aromatic carbocycles. The summed E-state index contributed by atoms with van der Waals surface area (Å²) >= 11 is 7.92. The molecule has 3 aromatic rings. The first kappa shape index (κ1) is 25.7. The van der Waals surface area contributed by atoms with Crippen LogP contribution in [0.2, 0.25) is 5.02 Å². The van der Waals surface area contributed by atoms with E-state index in [1.165, 1.54) is 10.4 Å². The zero-order valence-corrected chi connectivity index (χ0v) is 19.8. The first-order chi connectivity index (χ1) is 16.0. The molecule has 4 rings (SSSR count). The number of benzene rings is 2. The molecule has 0 saturated carbocycles. The van der Waals surface area contributed by atoms with Crippen molar-refractivity contribution in [1.82, 2.24) is 4.90 Å². The largest absolute Gasteiger partial charge is 0.507 e.